The first-order valence-corrected chi connectivity index (χ1v) is 8.49. The van der Waals surface area contributed by atoms with Crippen LogP contribution < -0.4 is 5.32 Å². The van der Waals surface area contributed by atoms with Gasteiger partial charge in [0, 0.05) is 6.54 Å². The SMILES string of the molecule is CCCNc1nc(-c2nnn[nH]2)nc2c1ncn2[C@@H]1O[C@H](CO)[C@H](O)[C@@H]1O. The number of aliphatic hydroxyl groups excluding tert-OH is 3. The molecule has 0 aliphatic carbocycles. The highest BCUT2D eigenvalue weighted by molar-refractivity contribution is 5.84. The fourth-order valence-electron chi connectivity index (χ4n) is 2.94. The summed E-state index contributed by atoms with van der Waals surface area (Å²) in [5.41, 5.74) is 0.835. The molecule has 1 fully saturated rings. The molecule has 4 atom stereocenters. The van der Waals surface area contributed by atoms with Crippen molar-refractivity contribution in [3.05, 3.63) is 6.33 Å². The van der Waals surface area contributed by atoms with Crippen LogP contribution in [0.3, 0.4) is 0 Å². The number of nitrogens with zero attached hydrogens (tertiary/aromatic N) is 7. The lowest BCUT2D eigenvalue weighted by Gasteiger charge is -2.17. The van der Waals surface area contributed by atoms with Gasteiger partial charge in [-0.15, -0.1) is 5.10 Å². The molecule has 1 saturated heterocycles. The van der Waals surface area contributed by atoms with Crippen LogP contribution in [0.1, 0.15) is 19.6 Å². The molecule has 0 saturated carbocycles. The molecule has 0 unspecified atom stereocenters. The van der Waals surface area contributed by atoms with Gasteiger partial charge in [0.2, 0.25) is 11.6 Å². The summed E-state index contributed by atoms with van der Waals surface area (Å²) >= 11 is 0. The van der Waals surface area contributed by atoms with Gasteiger partial charge in [-0.1, -0.05) is 6.92 Å². The van der Waals surface area contributed by atoms with Crippen molar-refractivity contribution in [3.8, 4) is 11.6 Å². The number of rotatable bonds is 6. The van der Waals surface area contributed by atoms with Gasteiger partial charge in [-0.05, 0) is 16.8 Å². The number of anilines is 1. The van der Waals surface area contributed by atoms with Crippen LogP contribution in [-0.4, -0.2) is 86.9 Å². The molecular weight excluding hydrogens is 358 g/mol. The molecule has 3 aromatic heterocycles. The van der Waals surface area contributed by atoms with Crippen LogP contribution in [0.15, 0.2) is 6.33 Å². The van der Waals surface area contributed by atoms with Crippen LogP contribution >= 0.6 is 0 Å². The number of hydrogen-bond acceptors (Lipinski definition) is 11. The zero-order chi connectivity index (χ0) is 19.0. The van der Waals surface area contributed by atoms with Gasteiger partial charge in [0.25, 0.3) is 0 Å². The van der Waals surface area contributed by atoms with E-state index in [-0.39, 0.29) is 11.6 Å². The van der Waals surface area contributed by atoms with Crippen molar-refractivity contribution in [3.63, 3.8) is 0 Å². The van der Waals surface area contributed by atoms with Crippen molar-refractivity contribution >= 4 is 17.0 Å². The third-order valence-electron chi connectivity index (χ3n) is 4.31. The van der Waals surface area contributed by atoms with Crippen LogP contribution in [0, 0.1) is 0 Å². The number of hydrogen-bond donors (Lipinski definition) is 5. The number of tetrazole rings is 1. The Morgan fingerprint density at radius 3 is 2.81 bits per heavy atom. The van der Waals surface area contributed by atoms with E-state index >= 15 is 0 Å². The summed E-state index contributed by atoms with van der Waals surface area (Å²) in [7, 11) is 0. The lowest BCUT2D eigenvalue weighted by molar-refractivity contribution is -0.0511. The molecule has 1 aliphatic rings. The zero-order valence-electron chi connectivity index (χ0n) is 14.4. The van der Waals surface area contributed by atoms with Crippen molar-refractivity contribution in [1.29, 1.82) is 0 Å². The molecule has 144 valence electrons. The predicted molar refractivity (Wildman–Crippen MR) is 90.3 cm³/mol. The number of nitrogens with one attached hydrogen (secondary N) is 2. The second-order valence-corrected chi connectivity index (χ2v) is 6.13. The molecule has 13 nitrogen and oxygen atoms in total. The highest BCUT2D eigenvalue weighted by Crippen LogP contribution is 2.32. The van der Waals surface area contributed by atoms with E-state index in [1.807, 2.05) is 6.92 Å². The van der Waals surface area contributed by atoms with E-state index in [1.165, 1.54) is 10.9 Å². The molecule has 0 radical (unpaired) electrons. The minimum Gasteiger partial charge on any atom is -0.394 e. The number of imidazole rings is 1. The summed E-state index contributed by atoms with van der Waals surface area (Å²) in [6.07, 6.45) is -2.02. The molecule has 13 heteroatoms. The molecule has 0 amide bonds. The number of aliphatic hydroxyl groups is 3. The maximum absolute atomic E-state index is 10.3. The molecule has 0 spiro atoms. The number of ether oxygens (including phenoxy) is 1. The summed E-state index contributed by atoms with van der Waals surface area (Å²) in [6, 6.07) is 0. The summed E-state index contributed by atoms with van der Waals surface area (Å²) < 4.78 is 7.07. The van der Waals surface area contributed by atoms with E-state index in [0.29, 0.717) is 23.5 Å². The average molecular weight is 377 g/mol. The molecule has 0 aromatic carbocycles. The summed E-state index contributed by atoms with van der Waals surface area (Å²) in [6.45, 7) is 2.26. The number of fused-ring (bicyclic) bond motifs is 1. The van der Waals surface area contributed by atoms with E-state index in [0.717, 1.165) is 6.42 Å². The van der Waals surface area contributed by atoms with Crippen LogP contribution in [-0.2, 0) is 4.74 Å². The Kier molecular flexibility index (Phi) is 4.65. The van der Waals surface area contributed by atoms with Gasteiger partial charge >= 0.3 is 0 Å². The van der Waals surface area contributed by atoms with E-state index in [9.17, 15) is 15.3 Å². The molecule has 4 heterocycles. The summed E-state index contributed by atoms with van der Waals surface area (Å²) in [4.78, 5) is 13.2. The van der Waals surface area contributed by atoms with Gasteiger partial charge < -0.3 is 25.4 Å². The van der Waals surface area contributed by atoms with Crippen LogP contribution in [0.4, 0.5) is 5.82 Å². The third-order valence-corrected chi connectivity index (χ3v) is 4.31. The highest BCUT2D eigenvalue weighted by Gasteiger charge is 2.44. The van der Waals surface area contributed by atoms with Crippen LogP contribution in [0.2, 0.25) is 0 Å². The molecule has 4 rings (SSSR count). The Balaban J connectivity index is 1.82. The van der Waals surface area contributed by atoms with Gasteiger partial charge in [-0.2, -0.15) is 0 Å². The standard InChI is InChI=1S/C14H19N9O4/c1-2-3-15-10-7-13(18-11(17-10)12-19-21-22-20-12)23(5-16-7)14-9(26)8(25)6(4-24)27-14/h5-6,8-9,14,24-26H,2-4H2,1H3,(H,15,17,18)(H,19,20,21,22)/t6-,8+,9+,14-/m1/s1. The molecule has 27 heavy (non-hydrogen) atoms. The van der Waals surface area contributed by atoms with Crippen LogP contribution in [0.25, 0.3) is 22.8 Å². The largest absolute Gasteiger partial charge is 0.394 e. The second-order valence-electron chi connectivity index (χ2n) is 6.13. The Hall–Kier alpha value is -2.74. The molecule has 5 N–H and O–H groups in total. The Morgan fingerprint density at radius 2 is 2.15 bits per heavy atom. The van der Waals surface area contributed by atoms with E-state index < -0.39 is 31.1 Å². The quantitative estimate of drug-likeness (QED) is 0.335. The van der Waals surface area contributed by atoms with Gasteiger partial charge in [-0.25, -0.2) is 20.1 Å². The fourth-order valence-corrected chi connectivity index (χ4v) is 2.94. The first kappa shape index (κ1) is 17.7. The molecule has 1 aliphatic heterocycles. The Labute approximate surface area is 152 Å². The van der Waals surface area contributed by atoms with Crippen molar-refractivity contribution in [1.82, 2.24) is 40.1 Å². The number of H-pyrrole nitrogens is 1. The fraction of sp³-hybridized carbons (Fsp3) is 0.571. The number of aromatic nitrogens is 8. The highest BCUT2D eigenvalue weighted by atomic mass is 16.6. The van der Waals surface area contributed by atoms with Gasteiger partial charge in [0.15, 0.2) is 23.2 Å². The monoisotopic (exact) mass is 377 g/mol. The van der Waals surface area contributed by atoms with Crippen molar-refractivity contribution in [2.24, 2.45) is 0 Å². The van der Waals surface area contributed by atoms with Crippen molar-refractivity contribution < 1.29 is 20.1 Å². The van der Waals surface area contributed by atoms with Crippen LogP contribution in [0.5, 0.6) is 0 Å². The van der Waals surface area contributed by atoms with Gasteiger partial charge in [0.05, 0.1) is 12.9 Å². The Bertz CT molecular complexity index is 915. The number of aromatic amines is 1. The average Bonchev–Trinajstić information content (AvgIpc) is 3.40. The first-order valence-electron chi connectivity index (χ1n) is 8.49. The molecule has 0 bridgehead atoms. The third kappa shape index (κ3) is 2.99. The minimum atomic E-state index is -1.25. The minimum absolute atomic E-state index is 0.236. The normalized spacial score (nSPS) is 25.3. The maximum Gasteiger partial charge on any atom is 0.217 e. The zero-order valence-corrected chi connectivity index (χ0v) is 14.4. The lowest BCUT2D eigenvalue weighted by Crippen LogP contribution is -2.33. The maximum atomic E-state index is 10.3. The van der Waals surface area contributed by atoms with E-state index in [2.05, 4.69) is 40.9 Å². The smallest absolute Gasteiger partial charge is 0.217 e. The summed E-state index contributed by atoms with van der Waals surface area (Å²) in [5, 5.41) is 46.3. The van der Waals surface area contributed by atoms with E-state index in [1.54, 1.807) is 0 Å². The van der Waals surface area contributed by atoms with Gasteiger partial charge in [0.1, 0.15) is 18.3 Å². The molecule has 3 aromatic rings. The predicted octanol–water partition coefficient (Wildman–Crippen LogP) is -1.56. The van der Waals surface area contributed by atoms with E-state index in [4.69, 9.17) is 4.74 Å². The first-order chi connectivity index (χ1) is 13.1. The van der Waals surface area contributed by atoms with Crippen molar-refractivity contribution in [2.45, 2.75) is 37.9 Å². The summed E-state index contributed by atoms with van der Waals surface area (Å²) in [5.74, 6) is 0.990. The Morgan fingerprint density at radius 1 is 1.30 bits per heavy atom. The topological polar surface area (TPSA) is 180 Å². The van der Waals surface area contributed by atoms with Crippen molar-refractivity contribution in [2.75, 3.05) is 18.5 Å². The van der Waals surface area contributed by atoms with Gasteiger partial charge in [-0.3, -0.25) is 4.57 Å². The lowest BCUT2D eigenvalue weighted by atomic mass is 10.1. The second kappa shape index (κ2) is 7.11. The molecular formula is C14H19N9O4.